The molecule has 0 atom stereocenters. The summed E-state index contributed by atoms with van der Waals surface area (Å²) in [7, 11) is 0. The minimum absolute atomic E-state index is 0.909. The summed E-state index contributed by atoms with van der Waals surface area (Å²) in [4.78, 5) is 26.1. The van der Waals surface area contributed by atoms with Crippen LogP contribution in [0.5, 0.6) is 0 Å². The Kier molecular flexibility index (Phi) is 3.14. The largest absolute Gasteiger partial charge is 0.547 e. The Bertz CT molecular complexity index is 117. The number of carbonyl (C=O) groups is 2. The van der Waals surface area contributed by atoms with Crippen LogP contribution in [-0.2, 0) is 14.6 Å². The summed E-state index contributed by atoms with van der Waals surface area (Å²) in [6.45, 7) is -0.909. The first-order chi connectivity index (χ1) is 4.16. The highest BCUT2D eigenvalue weighted by atomic mass is 17.2. The lowest BCUT2D eigenvalue weighted by Gasteiger charge is -1.93. The molecule has 0 fully saturated rings. The molecule has 6 nitrogen and oxygen atoms in total. The van der Waals surface area contributed by atoms with Crippen molar-refractivity contribution in [3.05, 3.63) is 0 Å². The second-order valence-corrected chi connectivity index (χ2v) is 0.963. The second-order valence-electron chi connectivity index (χ2n) is 0.963. The average Bonchev–Trinajstić information content (AvgIpc) is 1.83. The molecule has 0 spiro atoms. The van der Waals surface area contributed by atoms with Gasteiger partial charge in [-0.3, -0.25) is 0 Å². The van der Waals surface area contributed by atoms with E-state index in [4.69, 9.17) is 10.2 Å². The quantitative estimate of drug-likeness (QED) is 0.359. The molecule has 0 aliphatic rings. The van der Waals surface area contributed by atoms with Crippen LogP contribution < -0.4 is 0 Å². The van der Waals surface area contributed by atoms with E-state index in [1.807, 2.05) is 0 Å². The molecule has 0 radical (unpaired) electrons. The van der Waals surface area contributed by atoms with Crippen LogP contribution in [0.15, 0.2) is 0 Å². The van der Waals surface area contributed by atoms with Crippen molar-refractivity contribution in [2.75, 3.05) is 6.61 Å². The summed E-state index contributed by atoms with van der Waals surface area (Å²) in [6, 6.07) is 0. The summed E-state index contributed by atoms with van der Waals surface area (Å²) in [6.07, 6.45) is -1.74. The van der Waals surface area contributed by atoms with E-state index in [0.29, 0.717) is 0 Å². The topological polar surface area (TPSA) is 93.1 Å². The highest BCUT2D eigenvalue weighted by Gasteiger charge is 2.03. The maximum absolute atomic E-state index is 9.86. The molecular weight excluding hydrogens is 132 g/mol. The zero-order valence-corrected chi connectivity index (χ0v) is 4.23. The molecule has 0 rings (SSSR count). The Balaban J connectivity index is 3.28. The van der Waals surface area contributed by atoms with Crippen LogP contribution in [0.3, 0.4) is 0 Å². The number of carbonyl (C=O) groups excluding carboxylic acids is 1. The van der Waals surface area contributed by atoms with Gasteiger partial charge in [-0.1, -0.05) is 0 Å². The zero-order chi connectivity index (χ0) is 7.28. The first kappa shape index (κ1) is 7.70. The summed E-state index contributed by atoms with van der Waals surface area (Å²) < 4.78 is 0. The van der Waals surface area contributed by atoms with E-state index in [-0.39, 0.29) is 0 Å². The van der Waals surface area contributed by atoms with E-state index >= 15 is 0 Å². The van der Waals surface area contributed by atoms with Crippen molar-refractivity contribution < 1.29 is 29.6 Å². The highest BCUT2D eigenvalue weighted by molar-refractivity contribution is 5.70. The molecule has 52 valence electrons. The molecule has 0 aliphatic heterocycles. The van der Waals surface area contributed by atoms with Gasteiger partial charge in [0, 0.05) is 0 Å². The van der Waals surface area contributed by atoms with Gasteiger partial charge in [0.15, 0.2) is 0 Å². The van der Waals surface area contributed by atoms with Crippen LogP contribution >= 0.6 is 0 Å². The molecule has 6 heteroatoms. The van der Waals surface area contributed by atoms with E-state index in [9.17, 15) is 9.59 Å². The number of hydrogen-bond donors (Lipinski definition) is 2. The molecule has 0 saturated carbocycles. The predicted octanol–water partition coefficient (Wildman–Crippen LogP) is -0.869. The molecule has 0 aromatic heterocycles. The fraction of sp³-hybridized carbons (Fsp3) is 0.333. The van der Waals surface area contributed by atoms with Gasteiger partial charge in [-0.05, 0) is 0 Å². The van der Waals surface area contributed by atoms with Gasteiger partial charge in [0.1, 0.15) is 6.61 Å². The van der Waals surface area contributed by atoms with Crippen LogP contribution in [0.2, 0.25) is 0 Å². The fourth-order valence-electron chi connectivity index (χ4n) is 0.108. The Morgan fingerprint density at radius 1 is 1.33 bits per heavy atom. The zero-order valence-electron chi connectivity index (χ0n) is 4.23. The number of rotatable bonds is 1. The standard InChI is InChI=1S/C3H4O6/c4-1-2(5)8-9-3(6)7/h4H,1H2,(H,6,7). The third-order valence-corrected chi connectivity index (χ3v) is 0.335. The van der Waals surface area contributed by atoms with E-state index in [1.165, 1.54) is 0 Å². The van der Waals surface area contributed by atoms with E-state index < -0.39 is 18.7 Å². The van der Waals surface area contributed by atoms with Gasteiger partial charge in [0.05, 0.1) is 0 Å². The molecular formula is C3H4O6. The third-order valence-electron chi connectivity index (χ3n) is 0.335. The maximum atomic E-state index is 9.86. The molecule has 2 N–H and O–H groups in total. The van der Waals surface area contributed by atoms with Gasteiger partial charge in [0.25, 0.3) is 0 Å². The lowest BCUT2D eigenvalue weighted by Crippen LogP contribution is -2.12. The first-order valence-corrected chi connectivity index (χ1v) is 1.88. The second kappa shape index (κ2) is 3.67. The van der Waals surface area contributed by atoms with Gasteiger partial charge in [0.2, 0.25) is 0 Å². The van der Waals surface area contributed by atoms with Crippen LogP contribution in [0.25, 0.3) is 0 Å². The number of aliphatic hydroxyl groups excluding tert-OH is 1. The van der Waals surface area contributed by atoms with Crippen LogP contribution in [0.1, 0.15) is 0 Å². The lowest BCUT2D eigenvalue weighted by atomic mass is 10.8. The molecule has 0 unspecified atom stereocenters. The van der Waals surface area contributed by atoms with Gasteiger partial charge in [-0.25, -0.2) is 19.4 Å². The molecule has 0 aromatic carbocycles. The molecule has 0 aromatic rings. The van der Waals surface area contributed by atoms with Crippen molar-refractivity contribution in [2.24, 2.45) is 0 Å². The van der Waals surface area contributed by atoms with E-state index in [0.717, 1.165) is 0 Å². The number of carboxylic acid groups (broad SMARTS) is 1. The summed E-state index contributed by atoms with van der Waals surface area (Å²) in [5, 5.41) is 15.6. The molecule has 0 saturated heterocycles. The van der Waals surface area contributed by atoms with Crippen LogP contribution in [-0.4, -0.2) is 28.9 Å². The molecule has 0 aliphatic carbocycles. The van der Waals surface area contributed by atoms with E-state index in [2.05, 4.69) is 9.78 Å². The monoisotopic (exact) mass is 136 g/mol. The van der Waals surface area contributed by atoms with Crippen molar-refractivity contribution in [2.45, 2.75) is 0 Å². The Labute approximate surface area is 49.5 Å². The van der Waals surface area contributed by atoms with Crippen molar-refractivity contribution in [3.63, 3.8) is 0 Å². The molecule has 0 amide bonds. The van der Waals surface area contributed by atoms with Crippen molar-refractivity contribution in [1.82, 2.24) is 0 Å². The SMILES string of the molecule is O=C(O)OOC(=O)CO. The molecule has 0 bridgehead atoms. The lowest BCUT2D eigenvalue weighted by molar-refractivity contribution is -0.242. The Morgan fingerprint density at radius 3 is 2.22 bits per heavy atom. The van der Waals surface area contributed by atoms with Gasteiger partial charge in [-0.2, -0.15) is 0 Å². The summed E-state index contributed by atoms with van der Waals surface area (Å²) in [5.41, 5.74) is 0. The van der Waals surface area contributed by atoms with Gasteiger partial charge in [-0.15, -0.1) is 0 Å². The van der Waals surface area contributed by atoms with Crippen LogP contribution in [0, 0.1) is 0 Å². The number of hydrogen-bond acceptors (Lipinski definition) is 5. The van der Waals surface area contributed by atoms with Crippen molar-refractivity contribution >= 4 is 12.1 Å². The minimum Gasteiger partial charge on any atom is -0.447 e. The van der Waals surface area contributed by atoms with Crippen molar-refractivity contribution in [3.8, 4) is 0 Å². The normalized spacial score (nSPS) is 8.11. The summed E-state index contributed by atoms with van der Waals surface area (Å²) >= 11 is 0. The maximum Gasteiger partial charge on any atom is 0.547 e. The Hall–Kier alpha value is -1.30. The minimum atomic E-state index is -1.74. The van der Waals surface area contributed by atoms with Crippen molar-refractivity contribution in [1.29, 1.82) is 0 Å². The smallest absolute Gasteiger partial charge is 0.447 e. The third kappa shape index (κ3) is 4.56. The van der Waals surface area contributed by atoms with Gasteiger partial charge >= 0.3 is 12.1 Å². The predicted molar refractivity (Wildman–Crippen MR) is 22.3 cm³/mol. The van der Waals surface area contributed by atoms with Crippen LogP contribution in [0.4, 0.5) is 4.79 Å². The highest BCUT2D eigenvalue weighted by Crippen LogP contribution is 1.79. The van der Waals surface area contributed by atoms with E-state index in [1.54, 1.807) is 0 Å². The average molecular weight is 136 g/mol. The number of aliphatic hydroxyl groups is 1. The molecule has 9 heavy (non-hydrogen) atoms. The summed E-state index contributed by atoms with van der Waals surface area (Å²) in [5.74, 6) is -1.16. The first-order valence-electron chi connectivity index (χ1n) is 1.88. The fourth-order valence-corrected chi connectivity index (χ4v) is 0.108. The Morgan fingerprint density at radius 2 is 1.89 bits per heavy atom. The molecule has 0 heterocycles. The van der Waals surface area contributed by atoms with Gasteiger partial charge < -0.3 is 10.2 Å².